The zero-order chi connectivity index (χ0) is 21.0. The number of nitriles is 1. The number of carbonyl (C=O) groups is 3. The molecule has 1 saturated heterocycles. The van der Waals surface area contributed by atoms with Crippen LogP contribution in [-0.4, -0.2) is 42.3 Å². The fourth-order valence-corrected chi connectivity index (χ4v) is 3.21. The first-order valence-electron chi connectivity index (χ1n) is 8.93. The summed E-state index contributed by atoms with van der Waals surface area (Å²) in [6.45, 7) is 3.78. The van der Waals surface area contributed by atoms with Crippen molar-refractivity contribution in [2.45, 2.75) is 12.5 Å². The zero-order valence-corrected chi connectivity index (χ0v) is 15.9. The van der Waals surface area contributed by atoms with Gasteiger partial charge in [0, 0.05) is 12.1 Å². The van der Waals surface area contributed by atoms with E-state index in [4.69, 9.17) is 10.00 Å². The zero-order valence-electron chi connectivity index (χ0n) is 15.9. The van der Waals surface area contributed by atoms with Gasteiger partial charge < -0.3 is 9.64 Å². The molecule has 1 atom stereocenters. The fourth-order valence-electron chi connectivity index (χ4n) is 3.21. The highest BCUT2D eigenvalue weighted by molar-refractivity contribution is 6.23. The summed E-state index contributed by atoms with van der Waals surface area (Å²) in [7, 11) is 1.53. The van der Waals surface area contributed by atoms with Crippen molar-refractivity contribution in [3.05, 3.63) is 72.3 Å². The Labute approximate surface area is 168 Å². The number of rotatable bonds is 6. The molecule has 146 valence electrons. The summed E-state index contributed by atoms with van der Waals surface area (Å²) in [6, 6.07) is 13.7. The van der Waals surface area contributed by atoms with Crippen LogP contribution >= 0.6 is 0 Å². The molecular weight excluding hydrogens is 370 g/mol. The van der Waals surface area contributed by atoms with Crippen LogP contribution in [0.25, 0.3) is 0 Å². The molecule has 1 aliphatic heterocycles. The molecule has 0 bridgehead atoms. The molecular formula is C22H19N3O4. The van der Waals surface area contributed by atoms with E-state index in [9.17, 15) is 14.4 Å². The maximum absolute atomic E-state index is 13.0. The first kappa shape index (κ1) is 19.8. The van der Waals surface area contributed by atoms with Crippen LogP contribution in [0.3, 0.4) is 0 Å². The number of ether oxygens (including phenoxy) is 1. The van der Waals surface area contributed by atoms with Crippen molar-refractivity contribution in [3.63, 3.8) is 0 Å². The highest BCUT2D eigenvalue weighted by Crippen LogP contribution is 2.27. The molecule has 1 fully saturated rings. The number of hydrogen-bond acceptors (Lipinski definition) is 5. The van der Waals surface area contributed by atoms with Crippen LogP contribution in [0.2, 0.25) is 0 Å². The predicted octanol–water partition coefficient (Wildman–Crippen LogP) is 2.53. The molecule has 1 heterocycles. The van der Waals surface area contributed by atoms with Crippen LogP contribution in [0.4, 0.5) is 5.69 Å². The van der Waals surface area contributed by atoms with E-state index in [1.54, 1.807) is 36.4 Å². The topological polar surface area (TPSA) is 90.7 Å². The normalized spacial score (nSPS) is 15.7. The van der Waals surface area contributed by atoms with Gasteiger partial charge in [-0.25, -0.2) is 4.90 Å². The Balaban J connectivity index is 1.88. The second-order valence-electron chi connectivity index (χ2n) is 6.42. The maximum Gasteiger partial charge on any atom is 0.257 e. The summed E-state index contributed by atoms with van der Waals surface area (Å²) in [5, 5.41) is 8.92. The molecule has 0 radical (unpaired) electrons. The van der Waals surface area contributed by atoms with E-state index in [1.807, 2.05) is 6.07 Å². The summed E-state index contributed by atoms with van der Waals surface area (Å²) in [5.41, 5.74) is 1.18. The molecule has 0 aromatic heterocycles. The Hall–Kier alpha value is -3.92. The summed E-state index contributed by atoms with van der Waals surface area (Å²) in [5.74, 6) is -0.652. The van der Waals surface area contributed by atoms with Crippen LogP contribution in [0.1, 0.15) is 22.3 Å². The second-order valence-corrected chi connectivity index (χ2v) is 6.42. The van der Waals surface area contributed by atoms with Gasteiger partial charge in [0.25, 0.3) is 11.8 Å². The Morgan fingerprint density at radius 2 is 1.90 bits per heavy atom. The van der Waals surface area contributed by atoms with E-state index in [0.717, 1.165) is 4.90 Å². The van der Waals surface area contributed by atoms with Crippen molar-refractivity contribution in [1.82, 2.24) is 4.90 Å². The van der Waals surface area contributed by atoms with Crippen molar-refractivity contribution < 1.29 is 19.1 Å². The Morgan fingerprint density at radius 1 is 1.24 bits per heavy atom. The third-order valence-electron chi connectivity index (χ3n) is 4.68. The van der Waals surface area contributed by atoms with Crippen LogP contribution in [0, 0.1) is 11.3 Å². The van der Waals surface area contributed by atoms with E-state index < -0.39 is 17.9 Å². The first-order valence-corrected chi connectivity index (χ1v) is 8.93. The summed E-state index contributed by atoms with van der Waals surface area (Å²) >= 11 is 0. The van der Waals surface area contributed by atoms with Gasteiger partial charge in [0.1, 0.15) is 11.8 Å². The average molecular weight is 389 g/mol. The largest absolute Gasteiger partial charge is 0.497 e. The molecule has 7 heteroatoms. The Morgan fingerprint density at radius 3 is 2.45 bits per heavy atom. The summed E-state index contributed by atoms with van der Waals surface area (Å²) in [4.78, 5) is 41.0. The van der Waals surface area contributed by atoms with Crippen LogP contribution < -0.4 is 9.64 Å². The van der Waals surface area contributed by atoms with Gasteiger partial charge in [0.15, 0.2) is 0 Å². The number of amides is 3. The van der Waals surface area contributed by atoms with E-state index in [0.29, 0.717) is 22.6 Å². The fraction of sp³-hybridized carbons (Fsp3) is 0.182. The van der Waals surface area contributed by atoms with Crippen LogP contribution in [0.5, 0.6) is 5.75 Å². The van der Waals surface area contributed by atoms with Gasteiger partial charge in [-0.3, -0.25) is 14.4 Å². The highest BCUT2D eigenvalue weighted by atomic mass is 16.5. The number of carbonyl (C=O) groups excluding carboxylic acids is 3. The number of methoxy groups -OCH3 is 1. The van der Waals surface area contributed by atoms with E-state index in [-0.39, 0.29) is 18.9 Å². The van der Waals surface area contributed by atoms with Crippen molar-refractivity contribution in [3.8, 4) is 11.8 Å². The van der Waals surface area contributed by atoms with Gasteiger partial charge in [-0.2, -0.15) is 5.26 Å². The minimum atomic E-state index is -0.925. The molecule has 7 nitrogen and oxygen atoms in total. The number of hydrogen-bond donors (Lipinski definition) is 0. The van der Waals surface area contributed by atoms with Gasteiger partial charge in [0.05, 0.1) is 30.9 Å². The molecule has 1 aliphatic rings. The van der Waals surface area contributed by atoms with Crippen molar-refractivity contribution in [2.75, 3.05) is 18.6 Å². The van der Waals surface area contributed by atoms with Gasteiger partial charge >= 0.3 is 0 Å². The minimum Gasteiger partial charge on any atom is -0.497 e. The van der Waals surface area contributed by atoms with Crippen LogP contribution in [-0.2, 0) is 9.59 Å². The summed E-state index contributed by atoms with van der Waals surface area (Å²) < 4.78 is 5.10. The standard InChI is InChI=1S/C22H19N3O4/c1-3-12-24(21(27)16-6-10-18(29-2)11-7-16)19-13-20(26)25(22(19)28)17-8-4-15(14-23)5-9-17/h3-11,19H,1,12-13H2,2H3. The number of anilines is 1. The molecule has 0 saturated carbocycles. The number of nitrogens with zero attached hydrogens (tertiary/aromatic N) is 3. The molecule has 3 rings (SSSR count). The summed E-state index contributed by atoms with van der Waals surface area (Å²) in [6.07, 6.45) is 1.40. The molecule has 0 N–H and O–H groups in total. The van der Waals surface area contributed by atoms with Gasteiger partial charge in [-0.1, -0.05) is 6.08 Å². The lowest BCUT2D eigenvalue weighted by molar-refractivity contribution is -0.122. The molecule has 2 aromatic rings. The highest BCUT2D eigenvalue weighted by Gasteiger charge is 2.44. The van der Waals surface area contributed by atoms with E-state index >= 15 is 0 Å². The lowest BCUT2D eigenvalue weighted by Gasteiger charge is -2.26. The lowest BCUT2D eigenvalue weighted by Crippen LogP contribution is -2.45. The molecule has 3 amide bonds. The Bertz CT molecular complexity index is 990. The predicted molar refractivity (Wildman–Crippen MR) is 106 cm³/mol. The third kappa shape index (κ3) is 3.87. The molecule has 29 heavy (non-hydrogen) atoms. The third-order valence-corrected chi connectivity index (χ3v) is 4.68. The maximum atomic E-state index is 13.0. The molecule has 1 unspecified atom stereocenters. The minimum absolute atomic E-state index is 0.116. The lowest BCUT2D eigenvalue weighted by atomic mass is 10.1. The van der Waals surface area contributed by atoms with Crippen LogP contribution in [0.15, 0.2) is 61.2 Å². The van der Waals surface area contributed by atoms with E-state index in [1.165, 1.54) is 30.2 Å². The first-order chi connectivity index (χ1) is 14.0. The Kier molecular flexibility index (Phi) is 5.74. The van der Waals surface area contributed by atoms with Gasteiger partial charge in [0.2, 0.25) is 5.91 Å². The molecule has 0 spiro atoms. The second kappa shape index (κ2) is 8.40. The molecule has 2 aromatic carbocycles. The molecule has 0 aliphatic carbocycles. The van der Waals surface area contributed by atoms with E-state index in [2.05, 4.69) is 6.58 Å². The average Bonchev–Trinajstić information content (AvgIpc) is 3.05. The van der Waals surface area contributed by atoms with Gasteiger partial charge in [-0.15, -0.1) is 6.58 Å². The number of imide groups is 1. The van der Waals surface area contributed by atoms with Crippen molar-refractivity contribution >= 4 is 23.4 Å². The quantitative estimate of drug-likeness (QED) is 0.559. The SMILES string of the molecule is C=CCN(C(=O)c1ccc(OC)cc1)C1CC(=O)N(c2ccc(C#N)cc2)C1=O. The van der Waals surface area contributed by atoms with Gasteiger partial charge in [-0.05, 0) is 48.5 Å². The smallest absolute Gasteiger partial charge is 0.257 e. The van der Waals surface area contributed by atoms with Crippen molar-refractivity contribution in [1.29, 1.82) is 5.26 Å². The van der Waals surface area contributed by atoms with Crippen molar-refractivity contribution in [2.24, 2.45) is 0 Å². The monoisotopic (exact) mass is 389 g/mol. The number of benzene rings is 2.